The molecule has 23 heavy (non-hydrogen) atoms. The van der Waals surface area contributed by atoms with Gasteiger partial charge in [-0.3, -0.25) is 15.0 Å². The smallest absolute Gasteiger partial charge is 0.244 e. The topological polar surface area (TPSA) is 83.1 Å². The van der Waals surface area contributed by atoms with Gasteiger partial charge in [-0.15, -0.1) is 0 Å². The largest absolute Gasteiger partial charge is 0.347 e. The molecule has 2 aromatic rings. The van der Waals surface area contributed by atoms with Crippen molar-refractivity contribution in [3.8, 4) is 0 Å². The number of imidazole rings is 1. The molecule has 0 aliphatic heterocycles. The number of likely N-dealkylation sites (N-methyl/N-ethyl adjacent to an activating group) is 1. The Kier molecular flexibility index (Phi) is 4.88. The molecule has 2 rings (SSSR count). The van der Waals surface area contributed by atoms with Crippen LogP contribution in [0.4, 0.5) is 0 Å². The van der Waals surface area contributed by atoms with E-state index in [9.17, 15) is 9.59 Å². The molecule has 1 aromatic heterocycles. The summed E-state index contributed by atoms with van der Waals surface area (Å²) in [6, 6.07) is 7.03. The molecule has 2 amide bonds. The Labute approximate surface area is 135 Å². The van der Waals surface area contributed by atoms with E-state index >= 15 is 0 Å². The number of carbonyl (C=O) groups is 2. The lowest BCUT2D eigenvalue weighted by Gasteiger charge is -2.18. The number of aromatic nitrogens is 2. The van der Waals surface area contributed by atoms with Gasteiger partial charge in [-0.1, -0.05) is 12.1 Å². The molecule has 0 aliphatic rings. The molecule has 0 aliphatic carbocycles. The van der Waals surface area contributed by atoms with Gasteiger partial charge < -0.3 is 19.4 Å². The molecular formula is C16H23N5O2. The van der Waals surface area contributed by atoms with Gasteiger partial charge in [0.15, 0.2) is 0 Å². The molecule has 0 radical (unpaired) electrons. The molecule has 124 valence electrons. The van der Waals surface area contributed by atoms with Gasteiger partial charge in [-0.25, -0.2) is 0 Å². The van der Waals surface area contributed by atoms with Crippen LogP contribution >= 0.6 is 0 Å². The van der Waals surface area contributed by atoms with Crippen molar-refractivity contribution in [3.63, 3.8) is 0 Å². The lowest BCUT2D eigenvalue weighted by molar-refractivity contribution is -0.134. The molecular weight excluding hydrogens is 294 g/mol. The maximum atomic E-state index is 12.2. The Morgan fingerprint density at radius 1 is 1.22 bits per heavy atom. The Balaban J connectivity index is 2.25. The van der Waals surface area contributed by atoms with Crippen molar-refractivity contribution in [2.75, 3.05) is 14.1 Å². The normalized spacial score (nSPS) is 12.2. The van der Waals surface area contributed by atoms with E-state index in [4.69, 9.17) is 5.41 Å². The maximum Gasteiger partial charge on any atom is 0.244 e. The van der Waals surface area contributed by atoms with Crippen LogP contribution in [0, 0.1) is 5.41 Å². The SMILES string of the molecule is CCn1c(=N)n(CC(=O)N[C@H](C)C(=O)N(C)C)c2ccccc21. The van der Waals surface area contributed by atoms with E-state index in [1.807, 2.05) is 35.8 Å². The van der Waals surface area contributed by atoms with E-state index in [0.717, 1.165) is 11.0 Å². The van der Waals surface area contributed by atoms with Crippen LogP contribution in [0.2, 0.25) is 0 Å². The second-order valence-corrected chi connectivity index (χ2v) is 5.66. The molecule has 1 atom stereocenters. The van der Waals surface area contributed by atoms with Crippen molar-refractivity contribution in [3.05, 3.63) is 29.9 Å². The van der Waals surface area contributed by atoms with Crippen LogP contribution in [0.3, 0.4) is 0 Å². The second-order valence-electron chi connectivity index (χ2n) is 5.66. The minimum atomic E-state index is -0.591. The van der Waals surface area contributed by atoms with Crippen LogP contribution in [-0.4, -0.2) is 46.0 Å². The number of rotatable bonds is 5. The summed E-state index contributed by atoms with van der Waals surface area (Å²) in [5.74, 6) is -0.448. The van der Waals surface area contributed by atoms with Crippen LogP contribution in [-0.2, 0) is 22.7 Å². The third-order valence-corrected chi connectivity index (χ3v) is 3.78. The van der Waals surface area contributed by atoms with Crippen molar-refractivity contribution in [1.82, 2.24) is 19.4 Å². The number of para-hydroxylation sites is 2. The number of amides is 2. The van der Waals surface area contributed by atoms with Crippen molar-refractivity contribution in [2.45, 2.75) is 33.0 Å². The van der Waals surface area contributed by atoms with E-state index in [2.05, 4.69) is 5.32 Å². The van der Waals surface area contributed by atoms with Crippen LogP contribution in [0.5, 0.6) is 0 Å². The molecule has 1 heterocycles. The lowest BCUT2D eigenvalue weighted by Crippen LogP contribution is -2.46. The minimum absolute atomic E-state index is 0.0113. The summed E-state index contributed by atoms with van der Waals surface area (Å²) in [4.78, 5) is 25.5. The predicted molar refractivity (Wildman–Crippen MR) is 87.8 cm³/mol. The van der Waals surface area contributed by atoms with Crippen LogP contribution in [0.1, 0.15) is 13.8 Å². The monoisotopic (exact) mass is 317 g/mol. The van der Waals surface area contributed by atoms with Crippen molar-refractivity contribution in [2.24, 2.45) is 0 Å². The fourth-order valence-corrected chi connectivity index (χ4v) is 2.65. The van der Waals surface area contributed by atoms with Crippen molar-refractivity contribution in [1.29, 1.82) is 5.41 Å². The highest BCUT2D eigenvalue weighted by Crippen LogP contribution is 2.12. The number of aryl methyl sites for hydroxylation is 1. The molecule has 2 N–H and O–H groups in total. The number of nitrogens with zero attached hydrogens (tertiary/aromatic N) is 3. The molecule has 0 unspecified atom stereocenters. The fourth-order valence-electron chi connectivity index (χ4n) is 2.65. The first-order valence-corrected chi connectivity index (χ1v) is 7.60. The van der Waals surface area contributed by atoms with Crippen molar-refractivity contribution < 1.29 is 9.59 Å². The van der Waals surface area contributed by atoms with Gasteiger partial charge in [0.05, 0.1) is 11.0 Å². The summed E-state index contributed by atoms with van der Waals surface area (Å²) < 4.78 is 3.50. The number of hydrogen-bond donors (Lipinski definition) is 2. The highest BCUT2D eigenvalue weighted by Gasteiger charge is 2.18. The van der Waals surface area contributed by atoms with Crippen LogP contribution in [0.15, 0.2) is 24.3 Å². The zero-order valence-electron chi connectivity index (χ0n) is 14.0. The molecule has 7 nitrogen and oxygen atoms in total. The molecule has 0 bridgehead atoms. The highest BCUT2D eigenvalue weighted by atomic mass is 16.2. The van der Waals surface area contributed by atoms with Gasteiger partial charge in [0, 0.05) is 20.6 Å². The fraction of sp³-hybridized carbons (Fsp3) is 0.438. The molecule has 1 aromatic carbocycles. The van der Waals surface area contributed by atoms with E-state index in [0.29, 0.717) is 6.54 Å². The van der Waals surface area contributed by atoms with Crippen molar-refractivity contribution >= 4 is 22.8 Å². The summed E-state index contributed by atoms with van der Waals surface area (Å²) in [7, 11) is 3.30. The molecule has 7 heteroatoms. The summed E-state index contributed by atoms with van der Waals surface area (Å²) in [5.41, 5.74) is 2.03. The number of fused-ring (bicyclic) bond motifs is 1. The lowest BCUT2D eigenvalue weighted by atomic mass is 10.3. The highest BCUT2D eigenvalue weighted by molar-refractivity contribution is 5.87. The quantitative estimate of drug-likeness (QED) is 0.843. The third-order valence-electron chi connectivity index (χ3n) is 3.78. The first-order chi connectivity index (χ1) is 10.9. The Bertz CT molecular complexity index is 787. The van der Waals surface area contributed by atoms with Gasteiger partial charge in [-0.05, 0) is 26.0 Å². The van der Waals surface area contributed by atoms with E-state index < -0.39 is 6.04 Å². The number of carbonyl (C=O) groups excluding carboxylic acids is 2. The first-order valence-electron chi connectivity index (χ1n) is 7.60. The second kappa shape index (κ2) is 6.68. The van der Waals surface area contributed by atoms with E-state index in [-0.39, 0.29) is 24.0 Å². The van der Waals surface area contributed by atoms with Crippen LogP contribution in [0.25, 0.3) is 11.0 Å². The predicted octanol–water partition coefficient (Wildman–Crippen LogP) is 0.535. The molecule has 0 fully saturated rings. The number of nitrogens with one attached hydrogen (secondary N) is 2. The maximum absolute atomic E-state index is 12.2. The summed E-state index contributed by atoms with van der Waals surface area (Å²) in [6.07, 6.45) is 0. The van der Waals surface area contributed by atoms with Crippen LogP contribution < -0.4 is 10.9 Å². The average Bonchev–Trinajstić information content (AvgIpc) is 2.78. The Hall–Kier alpha value is -2.57. The summed E-state index contributed by atoms with van der Waals surface area (Å²) in [6.45, 7) is 4.29. The molecule has 0 saturated carbocycles. The number of benzene rings is 1. The van der Waals surface area contributed by atoms with Gasteiger partial charge >= 0.3 is 0 Å². The van der Waals surface area contributed by atoms with Gasteiger partial charge in [-0.2, -0.15) is 0 Å². The van der Waals surface area contributed by atoms with Gasteiger partial charge in [0.25, 0.3) is 0 Å². The van der Waals surface area contributed by atoms with E-state index in [1.165, 1.54) is 4.90 Å². The Morgan fingerprint density at radius 2 is 1.78 bits per heavy atom. The summed E-state index contributed by atoms with van der Waals surface area (Å²) in [5, 5.41) is 11.0. The van der Waals surface area contributed by atoms with Gasteiger partial charge in [0.2, 0.25) is 17.4 Å². The first kappa shape index (κ1) is 16.8. The summed E-state index contributed by atoms with van der Waals surface area (Å²) >= 11 is 0. The molecule has 0 saturated heterocycles. The zero-order valence-corrected chi connectivity index (χ0v) is 14.0. The minimum Gasteiger partial charge on any atom is -0.347 e. The zero-order chi connectivity index (χ0) is 17.1. The van der Waals surface area contributed by atoms with Gasteiger partial charge in [0.1, 0.15) is 12.6 Å². The molecule has 0 spiro atoms. The third kappa shape index (κ3) is 3.28. The number of hydrogen-bond acceptors (Lipinski definition) is 3. The average molecular weight is 317 g/mol. The Morgan fingerprint density at radius 3 is 2.30 bits per heavy atom. The van der Waals surface area contributed by atoms with E-state index in [1.54, 1.807) is 25.6 Å². The standard InChI is InChI=1S/C16H23N5O2/c1-5-20-12-8-6-7-9-13(12)21(16(20)17)10-14(22)18-11(2)15(23)19(3)4/h6-9,11,17H,5,10H2,1-4H3,(H,18,22)/t11-/m1/s1.